The molecule has 2 aliphatic rings. The van der Waals surface area contributed by atoms with E-state index in [-0.39, 0.29) is 23.6 Å². The fraction of sp³-hybridized carbons (Fsp3) is 0.467. The van der Waals surface area contributed by atoms with Crippen LogP contribution in [0.5, 0.6) is 5.75 Å². The van der Waals surface area contributed by atoms with Gasteiger partial charge in [-0.3, -0.25) is 14.5 Å². The zero-order chi connectivity index (χ0) is 13.4. The first-order valence-electron chi connectivity index (χ1n) is 6.82. The molecule has 0 aromatic heterocycles. The Labute approximate surface area is 112 Å². The van der Waals surface area contributed by atoms with E-state index in [1.54, 1.807) is 12.1 Å². The van der Waals surface area contributed by atoms with Gasteiger partial charge in [0.25, 0.3) is 5.91 Å². The molecule has 19 heavy (non-hydrogen) atoms. The molecule has 0 bridgehead atoms. The number of carbonyl (C=O) groups is 2. The van der Waals surface area contributed by atoms with Crippen LogP contribution in [0.4, 0.5) is 0 Å². The second-order valence-corrected chi connectivity index (χ2v) is 5.43. The Hall–Kier alpha value is -1.84. The van der Waals surface area contributed by atoms with Crippen LogP contribution in [-0.2, 0) is 4.79 Å². The minimum atomic E-state index is -0.223. The van der Waals surface area contributed by atoms with Gasteiger partial charge >= 0.3 is 0 Å². The van der Waals surface area contributed by atoms with Crippen LogP contribution >= 0.6 is 0 Å². The summed E-state index contributed by atoms with van der Waals surface area (Å²) >= 11 is 0. The summed E-state index contributed by atoms with van der Waals surface area (Å²) in [7, 11) is 0. The maximum atomic E-state index is 12.4. The average molecular weight is 259 g/mol. The van der Waals surface area contributed by atoms with Gasteiger partial charge in [-0.25, -0.2) is 0 Å². The van der Waals surface area contributed by atoms with Gasteiger partial charge in [-0.05, 0) is 43.0 Å². The van der Waals surface area contributed by atoms with Crippen LogP contribution in [0.15, 0.2) is 24.3 Å². The molecule has 4 heteroatoms. The molecular formula is C15H17NO3. The van der Waals surface area contributed by atoms with Crippen LogP contribution in [-0.4, -0.2) is 27.9 Å². The Bertz CT molecular complexity index is 509. The van der Waals surface area contributed by atoms with Gasteiger partial charge in [0, 0.05) is 18.0 Å². The lowest BCUT2D eigenvalue weighted by molar-refractivity contribution is -0.126. The highest BCUT2D eigenvalue weighted by Gasteiger charge is 2.44. The summed E-state index contributed by atoms with van der Waals surface area (Å²) in [6.45, 7) is 0. The lowest BCUT2D eigenvalue weighted by atomic mass is 9.85. The molecule has 0 radical (unpaired) electrons. The number of nitrogens with zero attached hydrogens (tertiary/aromatic N) is 1. The van der Waals surface area contributed by atoms with Crippen molar-refractivity contribution in [2.24, 2.45) is 5.92 Å². The largest absolute Gasteiger partial charge is 0.508 e. The SMILES string of the molecule is O=C1CC2CCCCC2N1C(=O)c1ccc(O)cc1. The molecule has 4 nitrogen and oxygen atoms in total. The number of phenolic OH excluding ortho intramolecular Hbond substituents is 1. The predicted octanol–water partition coefficient (Wildman–Crippen LogP) is 2.32. The molecule has 2 amide bonds. The average Bonchev–Trinajstić information content (AvgIpc) is 2.74. The summed E-state index contributed by atoms with van der Waals surface area (Å²) in [6.07, 6.45) is 4.74. The van der Waals surface area contributed by atoms with E-state index in [1.165, 1.54) is 17.0 Å². The predicted molar refractivity (Wildman–Crippen MR) is 69.6 cm³/mol. The fourth-order valence-electron chi connectivity index (χ4n) is 3.28. The number of amides is 2. The van der Waals surface area contributed by atoms with E-state index in [4.69, 9.17) is 0 Å². The second kappa shape index (κ2) is 4.68. The standard InChI is InChI=1S/C15H17NO3/c17-12-7-5-10(6-8-12)15(19)16-13-4-2-1-3-11(13)9-14(16)18/h5-8,11,13,17H,1-4,9H2. The zero-order valence-corrected chi connectivity index (χ0v) is 10.7. The summed E-state index contributed by atoms with van der Waals surface area (Å²) in [5.74, 6) is 0.205. The first kappa shape index (κ1) is 12.2. The van der Waals surface area contributed by atoms with E-state index in [2.05, 4.69) is 0 Å². The summed E-state index contributed by atoms with van der Waals surface area (Å²) < 4.78 is 0. The smallest absolute Gasteiger partial charge is 0.260 e. The van der Waals surface area contributed by atoms with Crippen LogP contribution in [0.2, 0.25) is 0 Å². The highest BCUT2D eigenvalue weighted by atomic mass is 16.3. The van der Waals surface area contributed by atoms with Crippen molar-refractivity contribution >= 4 is 11.8 Å². The zero-order valence-electron chi connectivity index (χ0n) is 10.7. The summed E-state index contributed by atoms with van der Waals surface area (Å²) in [5, 5.41) is 9.25. The fourth-order valence-corrected chi connectivity index (χ4v) is 3.28. The number of likely N-dealkylation sites (tertiary alicyclic amines) is 1. The van der Waals surface area contributed by atoms with Crippen molar-refractivity contribution in [2.45, 2.75) is 38.1 Å². The van der Waals surface area contributed by atoms with Crippen LogP contribution in [0.3, 0.4) is 0 Å². The Balaban J connectivity index is 1.86. The van der Waals surface area contributed by atoms with E-state index >= 15 is 0 Å². The number of benzene rings is 1. The molecule has 1 N–H and O–H groups in total. The number of carbonyl (C=O) groups excluding carboxylic acids is 2. The Morgan fingerprint density at radius 1 is 1.16 bits per heavy atom. The van der Waals surface area contributed by atoms with Crippen LogP contribution in [0.25, 0.3) is 0 Å². The van der Waals surface area contributed by atoms with E-state index in [0.717, 1.165) is 25.7 Å². The molecule has 1 aromatic rings. The molecule has 1 aliphatic carbocycles. The molecule has 1 heterocycles. The van der Waals surface area contributed by atoms with Crippen LogP contribution in [0, 0.1) is 5.92 Å². The van der Waals surface area contributed by atoms with Gasteiger partial charge in [0.15, 0.2) is 0 Å². The van der Waals surface area contributed by atoms with Gasteiger partial charge in [-0.1, -0.05) is 12.8 Å². The third kappa shape index (κ3) is 2.11. The van der Waals surface area contributed by atoms with Gasteiger partial charge in [0.1, 0.15) is 5.75 Å². The molecule has 2 atom stereocenters. The molecule has 1 aliphatic heterocycles. The van der Waals surface area contributed by atoms with Gasteiger partial charge in [0.05, 0.1) is 0 Å². The highest BCUT2D eigenvalue weighted by Crippen LogP contribution is 2.37. The topological polar surface area (TPSA) is 57.6 Å². The van der Waals surface area contributed by atoms with Crippen molar-refractivity contribution in [2.75, 3.05) is 0 Å². The van der Waals surface area contributed by atoms with E-state index in [0.29, 0.717) is 17.9 Å². The van der Waals surface area contributed by atoms with Crippen molar-refractivity contribution in [1.29, 1.82) is 0 Å². The highest BCUT2D eigenvalue weighted by molar-refractivity contribution is 6.06. The molecule has 1 aromatic carbocycles. The van der Waals surface area contributed by atoms with E-state index < -0.39 is 0 Å². The van der Waals surface area contributed by atoms with Crippen molar-refractivity contribution in [1.82, 2.24) is 4.90 Å². The molecule has 100 valence electrons. The molecular weight excluding hydrogens is 242 g/mol. The lowest BCUT2D eigenvalue weighted by Crippen LogP contribution is -2.41. The Morgan fingerprint density at radius 2 is 1.84 bits per heavy atom. The minimum absolute atomic E-state index is 0.0463. The summed E-state index contributed by atoms with van der Waals surface area (Å²) in [4.78, 5) is 26.0. The van der Waals surface area contributed by atoms with Crippen molar-refractivity contribution in [3.63, 3.8) is 0 Å². The second-order valence-electron chi connectivity index (χ2n) is 5.43. The van der Waals surface area contributed by atoms with Gasteiger partial charge in [-0.2, -0.15) is 0 Å². The summed E-state index contributed by atoms with van der Waals surface area (Å²) in [6, 6.07) is 6.18. The number of phenols is 1. The van der Waals surface area contributed by atoms with Crippen molar-refractivity contribution in [3.05, 3.63) is 29.8 Å². The van der Waals surface area contributed by atoms with E-state index in [1.807, 2.05) is 0 Å². The third-order valence-electron chi connectivity index (χ3n) is 4.24. The first-order valence-corrected chi connectivity index (χ1v) is 6.82. The van der Waals surface area contributed by atoms with E-state index in [9.17, 15) is 14.7 Å². The number of imide groups is 1. The quantitative estimate of drug-likeness (QED) is 0.787. The molecule has 1 saturated carbocycles. The molecule has 0 spiro atoms. The number of rotatable bonds is 1. The van der Waals surface area contributed by atoms with Gasteiger partial charge in [0.2, 0.25) is 5.91 Å². The molecule has 3 rings (SSSR count). The monoisotopic (exact) mass is 259 g/mol. The first-order chi connectivity index (χ1) is 9.16. The van der Waals surface area contributed by atoms with Crippen LogP contribution < -0.4 is 0 Å². The third-order valence-corrected chi connectivity index (χ3v) is 4.24. The van der Waals surface area contributed by atoms with Crippen molar-refractivity contribution < 1.29 is 14.7 Å². The Kier molecular flexibility index (Phi) is 3.01. The molecule has 1 saturated heterocycles. The normalized spacial score (nSPS) is 26.3. The number of fused-ring (bicyclic) bond motifs is 1. The maximum absolute atomic E-state index is 12.4. The lowest BCUT2D eigenvalue weighted by Gasteiger charge is -2.30. The Morgan fingerprint density at radius 3 is 2.58 bits per heavy atom. The number of hydrogen-bond donors (Lipinski definition) is 1. The molecule has 2 unspecified atom stereocenters. The summed E-state index contributed by atoms with van der Waals surface area (Å²) in [5.41, 5.74) is 0.470. The molecule has 2 fully saturated rings. The van der Waals surface area contributed by atoms with Gasteiger partial charge in [-0.15, -0.1) is 0 Å². The van der Waals surface area contributed by atoms with Crippen molar-refractivity contribution in [3.8, 4) is 5.75 Å². The minimum Gasteiger partial charge on any atom is -0.508 e. The van der Waals surface area contributed by atoms with Gasteiger partial charge < -0.3 is 5.11 Å². The number of aromatic hydroxyl groups is 1. The maximum Gasteiger partial charge on any atom is 0.260 e. The number of hydrogen-bond acceptors (Lipinski definition) is 3. The van der Waals surface area contributed by atoms with Crippen LogP contribution in [0.1, 0.15) is 42.5 Å².